The zero-order valence-corrected chi connectivity index (χ0v) is 19.7. The summed E-state index contributed by atoms with van der Waals surface area (Å²) in [5.74, 6) is 1.35. The second kappa shape index (κ2) is 9.74. The Morgan fingerprint density at radius 1 is 1.09 bits per heavy atom. The molecule has 10 heteroatoms. The Labute approximate surface area is 192 Å². The predicted octanol–water partition coefficient (Wildman–Crippen LogP) is 3.31. The third-order valence-corrected chi connectivity index (χ3v) is 6.31. The molecule has 0 aliphatic carbocycles. The Hall–Kier alpha value is -2.85. The maximum atomic E-state index is 12.9. The lowest BCUT2D eigenvalue weighted by Gasteiger charge is -2.28. The summed E-state index contributed by atoms with van der Waals surface area (Å²) >= 11 is 1.39. The maximum Gasteiger partial charge on any atom is 0.238 e. The summed E-state index contributed by atoms with van der Waals surface area (Å²) in [5.41, 5.74) is 2.15. The number of anilines is 2. The topological polar surface area (TPSA) is 90.1 Å². The lowest BCUT2D eigenvalue weighted by molar-refractivity contribution is -0.115. The summed E-state index contributed by atoms with van der Waals surface area (Å²) in [6.45, 7) is 10.8. The summed E-state index contributed by atoms with van der Waals surface area (Å²) < 4.78 is 9.31. The fourth-order valence-electron chi connectivity index (χ4n) is 3.49. The normalized spacial score (nSPS) is 15.2. The number of morpholine rings is 1. The summed E-state index contributed by atoms with van der Waals surface area (Å²) in [6, 6.07) is 10.2. The van der Waals surface area contributed by atoms with E-state index in [0.717, 1.165) is 24.7 Å². The second-order valence-corrected chi connectivity index (χ2v) is 9.37. The first-order valence-electron chi connectivity index (χ1n) is 10.8. The molecule has 2 aromatic heterocycles. The molecule has 1 saturated heterocycles. The van der Waals surface area contributed by atoms with Gasteiger partial charge in [-0.25, -0.2) is 4.68 Å². The van der Waals surface area contributed by atoms with Crippen molar-refractivity contribution >= 4 is 29.4 Å². The van der Waals surface area contributed by atoms with Gasteiger partial charge in [0.05, 0.1) is 30.3 Å². The van der Waals surface area contributed by atoms with E-state index < -0.39 is 0 Å². The van der Waals surface area contributed by atoms with Crippen molar-refractivity contribution in [2.24, 2.45) is 0 Å². The number of aryl methyl sites for hydroxylation is 1. The van der Waals surface area contributed by atoms with Gasteiger partial charge in [-0.15, -0.1) is 10.2 Å². The Bertz CT molecular complexity index is 1050. The maximum absolute atomic E-state index is 12.9. The van der Waals surface area contributed by atoms with Crippen molar-refractivity contribution in [1.82, 2.24) is 24.5 Å². The molecule has 1 atom stereocenters. The van der Waals surface area contributed by atoms with Gasteiger partial charge in [-0.3, -0.25) is 9.36 Å². The number of rotatable bonds is 7. The van der Waals surface area contributed by atoms with Crippen molar-refractivity contribution < 1.29 is 9.53 Å². The van der Waals surface area contributed by atoms with Gasteiger partial charge in [0.25, 0.3) is 0 Å². The van der Waals surface area contributed by atoms with Gasteiger partial charge in [0, 0.05) is 25.2 Å². The van der Waals surface area contributed by atoms with E-state index >= 15 is 0 Å². The zero-order chi connectivity index (χ0) is 22.7. The van der Waals surface area contributed by atoms with Crippen molar-refractivity contribution in [3.63, 3.8) is 0 Å². The minimum Gasteiger partial charge on any atom is -0.378 e. The molecular formula is C22H29N7O2S. The van der Waals surface area contributed by atoms with Gasteiger partial charge in [0.2, 0.25) is 11.9 Å². The minimum absolute atomic E-state index is 0.108. The molecule has 32 heavy (non-hydrogen) atoms. The molecule has 1 fully saturated rings. The summed E-state index contributed by atoms with van der Waals surface area (Å²) in [7, 11) is 0. The molecule has 1 N–H and O–H groups in total. The first-order chi connectivity index (χ1) is 15.4. The lowest BCUT2D eigenvalue weighted by atomic mass is 10.2. The van der Waals surface area contributed by atoms with Crippen LogP contribution < -0.4 is 10.2 Å². The number of thioether (sulfide) groups is 1. The molecule has 1 amide bonds. The highest BCUT2D eigenvalue weighted by atomic mass is 32.2. The number of ether oxygens (including phenoxy) is 1. The molecule has 3 heterocycles. The first kappa shape index (κ1) is 22.3. The third kappa shape index (κ3) is 4.81. The molecule has 3 aromatic rings. The van der Waals surface area contributed by atoms with E-state index in [2.05, 4.69) is 56.7 Å². The van der Waals surface area contributed by atoms with E-state index in [4.69, 9.17) is 4.74 Å². The van der Waals surface area contributed by atoms with Crippen LogP contribution in [0, 0.1) is 6.92 Å². The number of aromatic nitrogens is 5. The van der Waals surface area contributed by atoms with Gasteiger partial charge in [0.15, 0.2) is 5.16 Å². The molecule has 1 aliphatic rings. The number of amides is 1. The molecule has 0 radical (unpaired) electrons. The first-order valence-corrected chi connectivity index (χ1v) is 11.7. The molecule has 1 unspecified atom stereocenters. The Morgan fingerprint density at radius 3 is 2.50 bits per heavy atom. The van der Waals surface area contributed by atoms with Crippen molar-refractivity contribution in [3.05, 3.63) is 42.1 Å². The van der Waals surface area contributed by atoms with E-state index in [1.54, 1.807) is 16.9 Å². The predicted molar refractivity (Wildman–Crippen MR) is 126 cm³/mol. The Morgan fingerprint density at radius 2 is 1.81 bits per heavy atom. The highest BCUT2D eigenvalue weighted by molar-refractivity contribution is 8.00. The van der Waals surface area contributed by atoms with E-state index in [1.165, 1.54) is 17.3 Å². The fourth-order valence-corrected chi connectivity index (χ4v) is 4.35. The van der Waals surface area contributed by atoms with Crippen LogP contribution in [0.25, 0.3) is 5.69 Å². The van der Waals surface area contributed by atoms with Gasteiger partial charge < -0.3 is 15.0 Å². The molecule has 0 spiro atoms. The summed E-state index contributed by atoms with van der Waals surface area (Å²) in [4.78, 5) is 15.1. The Kier molecular flexibility index (Phi) is 6.80. The summed E-state index contributed by atoms with van der Waals surface area (Å²) in [6.07, 6.45) is 1.69. The minimum atomic E-state index is -0.378. The van der Waals surface area contributed by atoms with Crippen LogP contribution >= 0.6 is 11.8 Å². The zero-order valence-electron chi connectivity index (χ0n) is 18.9. The number of nitrogens with zero attached hydrogens (tertiary/aromatic N) is 6. The highest BCUT2D eigenvalue weighted by Gasteiger charge is 2.25. The SMILES string of the molecule is Cc1ccc(-n2c(SC(C)C(=O)Nc3ccnn3C(C)C)nnc2N2CCOCC2)cc1. The van der Waals surface area contributed by atoms with E-state index in [0.29, 0.717) is 24.2 Å². The van der Waals surface area contributed by atoms with Gasteiger partial charge in [-0.1, -0.05) is 29.5 Å². The molecule has 1 aliphatic heterocycles. The number of carbonyl (C=O) groups excluding carboxylic acids is 1. The molecule has 1 aromatic carbocycles. The largest absolute Gasteiger partial charge is 0.378 e. The molecule has 9 nitrogen and oxygen atoms in total. The summed E-state index contributed by atoms with van der Waals surface area (Å²) in [5, 5.41) is 16.5. The van der Waals surface area contributed by atoms with E-state index in [1.807, 2.05) is 25.3 Å². The van der Waals surface area contributed by atoms with Crippen LogP contribution in [-0.4, -0.2) is 62.0 Å². The van der Waals surface area contributed by atoms with E-state index in [-0.39, 0.29) is 17.2 Å². The van der Waals surface area contributed by atoms with Crippen molar-refractivity contribution in [1.29, 1.82) is 0 Å². The average Bonchev–Trinajstić information content (AvgIpc) is 3.42. The molecule has 170 valence electrons. The van der Waals surface area contributed by atoms with Gasteiger partial charge in [-0.05, 0) is 39.8 Å². The number of hydrogen-bond donors (Lipinski definition) is 1. The van der Waals surface area contributed by atoms with Crippen molar-refractivity contribution in [2.75, 3.05) is 36.5 Å². The van der Waals surface area contributed by atoms with Crippen LogP contribution in [0.5, 0.6) is 0 Å². The lowest BCUT2D eigenvalue weighted by Crippen LogP contribution is -2.38. The van der Waals surface area contributed by atoms with Crippen LogP contribution in [0.15, 0.2) is 41.7 Å². The molecule has 0 saturated carbocycles. The van der Waals surface area contributed by atoms with E-state index in [9.17, 15) is 4.79 Å². The number of hydrogen-bond acceptors (Lipinski definition) is 7. The van der Waals surface area contributed by atoms with Gasteiger partial charge in [-0.2, -0.15) is 5.10 Å². The highest BCUT2D eigenvalue weighted by Crippen LogP contribution is 2.30. The van der Waals surface area contributed by atoms with Crippen LogP contribution in [0.2, 0.25) is 0 Å². The smallest absolute Gasteiger partial charge is 0.238 e. The average molecular weight is 456 g/mol. The second-order valence-electron chi connectivity index (χ2n) is 8.06. The quantitative estimate of drug-likeness (QED) is 0.547. The number of nitrogens with one attached hydrogen (secondary N) is 1. The number of benzene rings is 1. The van der Waals surface area contributed by atoms with Crippen LogP contribution in [-0.2, 0) is 9.53 Å². The van der Waals surface area contributed by atoms with Crippen molar-refractivity contribution in [2.45, 2.75) is 44.1 Å². The molecule has 4 rings (SSSR count). The van der Waals surface area contributed by atoms with Gasteiger partial charge >= 0.3 is 0 Å². The van der Waals surface area contributed by atoms with Crippen LogP contribution in [0.4, 0.5) is 11.8 Å². The van der Waals surface area contributed by atoms with Gasteiger partial charge in [0.1, 0.15) is 5.82 Å². The number of carbonyl (C=O) groups is 1. The third-order valence-electron chi connectivity index (χ3n) is 5.26. The monoisotopic (exact) mass is 455 g/mol. The molecular weight excluding hydrogens is 426 g/mol. The Balaban J connectivity index is 1.58. The standard InChI is InChI=1S/C22H29N7O2S/c1-15(2)29-19(9-10-23-29)24-20(30)17(4)32-22-26-25-21(27-11-13-31-14-12-27)28(22)18-7-5-16(3)6-8-18/h5-10,15,17H,11-14H2,1-4H3,(H,24,30). The van der Waals surface area contributed by atoms with Crippen molar-refractivity contribution in [3.8, 4) is 5.69 Å². The molecule has 0 bridgehead atoms. The fraction of sp³-hybridized carbons (Fsp3) is 0.455. The van der Waals surface area contributed by atoms with Crippen LogP contribution in [0.3, 0.4) is 0 Å². The van der Waals surface area contributed by atoms with Crippen LogP contribution in [0.1, 0.15) is 32.4 Å².